The van der Waals surface area contributed by atoms with E-state index in [0.29, 0.717) is 16.7 Å². The van der Waals surface area contributed by atoms with Crippen molar-refractivity contribution in [3.8, 4) is 0 Å². The number of hydrogen-bond donors (Lipinski definition) is 0. The minimum absolute atomic E-state index is 0.467. The van der Waals surface area contributed by atoms with Crippen LogP contribution in [-0.2, 0) is 13.0 Å². The summed E-state index contributed by atoms with van der Waals surface area (Å²) in [7, 11) is 2.01. The van der Waals surface area contributed by atoms with Crippen molar-refractivity contribution in [3.63, 3.8) is 0 Å². The molecule has 0 aliphatic rings. The maximum absolute atomic E-state index is 6.13. The molecule has 19 heavy (non-hydrogen) atoms. The highest BCUT2D eigenvalue weighted by molar-refractivity contribution is 6.32. The van der Waals surface area contributed by atoms with E-state index in [1.807, 2.05) is 7.05 Å². The highest BCUT2D eigenvalue weighted by Gasteiger charge is 2.07. The van der Waals surface area contributed by atoms with Crippen LogP contribution in [0.25, 0.3) is 0 Å². The van der Waals surface area contributed by atoms with Crippen LogP contribution >= 0.6 is 23.2 Å². The zero-order chi connectivity index (χ0) is 13.8. The summed E-state index contributed by atoms with van der Waals surface area (Å²) in [5.74, 6) is 0. The van der Waals surface area contributed by atoms with Gasteiger partial charge in [0, 0.05) is 12.7 Å². The lowest BCUT2D eigenvalue weighted by molar-refractivity contribution is 0.885. The molecule has 0 bridgehead atoms. The van der Waals surface area contributed by atoms with E-state index < -0.39 is 0 Å². The summed E-state index contributed by atoms with van der Waals surface area (Å²) in [6.45, 7) is 2.78. The van der Waals surface area contributed by atoms with Gasteiger partial charge in [-0.05, 0) is 36.2 Å². The third kappa shape index (κ3) is 3.62. The molecule has 0 atom stereocenters. The molecule has 0 N–H and O–H groups in total. The van der Waals surface area contributed by atoms with Crippen LogP contribution < -0.4 is 4.90 Å². The van der Waals surface area contributed by atoms with Gasteiger partial charge in [-0.1, -0.05) is 42.3 Å². The quantitative estimate of drug-likeness (QED) is 0.767. The first-order valence-electron chi connectivity index (χ1n) is 6.21. The number of nitrogens with zero attached hydrogens (tertiary/aromatic N) is 2. The molecular formula is C15H16Cl2N2. The number of rotatable bonds is 4. The van der Waals surface area contributed by atoms with Crippen LogP contribution in [0.3, 0.4) is 0 Å². The molecule has 0 spiro atoms. The Balaban J connectivity index is 2.15. The largest absolute Gasteiger partial charge is 0.369 e. The van der Waals surface area contributed by atoms with E-state index in [4.69, 9.17) is 23.2 Å². The second-order valence-electron chi connectivity index (χ2n) is 4.44. The van der Waals surface area contributed by atoms with Gasteiger partial charge in [0.25, 0.3) is 0 Å². The van der Waals surface area contributed by atoms with Crippen LogP contribution in [0, 0.1) is 0 Å². The third-order valence-electron chi connectivity index (χ3n) is 3.06. The van der Waals surface area contributed by atoms with E-state index >= 15 is 0 Å². The molecule has 1 heterocycles. The van der Waals surface area contributed by atoms with E-state index in [1.54, 1.807) is 12.1 Å². The minimum Gasteiger partial charge on any atom is -0.369 e. The van der Waals surface area contributed by atoms with E-state index in [1.165, 1.54) is 5.56 Å². The molecule has 0 radical (unpaired) electrons. The normalized spacial score (nSPS) is 10.5. The molecular weight excluding hydrogens is 279 g/mol. The van der Waals surface area contributed by atoms with Crippen molar-refractivity contribution in [2.75, 3.05) is 11.9 Å². The van der Waals surface area contributed by atoms with Gasteiger partial charge in [0.05, 0.1) is 17.3 Å². The van der Waals surface area contributed by atoms with E-state index in [-0.39, 0.29) is 0 Å². The highest BCUT2D eigenvalue weighted by Crippen LogP contribution is 2.21. The smallest absolute Gasteiger partial charge is 0.129 e. The van der Waals surface area contributed by atoms with Gasteiger partial charge in [0.2, 0.25) is 0 Å². The second kappa shape index (κ2) is 6.27. The number of anilines is 1. The van der Waals surface area contributed by atoms with Gasteiger partial charge >= 0.3 is 0 Å². The number of hydrogen-bond acceptors (Lipinski definition) is 2. The molecule has 1 aromatic heterocycles. The number of aryl methyl sites for hydroxylation is 1. The Bertz CT molecular complexity index is 553. The summed E-state index contributed by atoms with van der Waals surface area (Å²) in [5, 5.41) is 1.11. The molecule has 0 aliphatic heterocycles. The zero-order valence-corrected chi connectivity index (χ0v) is 12.5. The summed E-state index contributed by atoms with van der Waals surface area (Å²) in [6.07, 6.45) is 1.05. The Morgan fingerprint density at radius 2 is 1.74 bits per heavy atom. The number of halogens is 2. The lowest BCUT2D eigenvalue weighted by Gasteiger charge is -2.19. The van der Waals surface area contributed by atoms with Gasteiger partial charge in [-0.3, -0.25) is 0 Å². The monoisotopic (exact) mass is 294 g/mol. The van der Waals surface area contributed by atoms with Crippen molar-refractivity contribution in [1.82, 2.24) is 4.98 Å². The van der Waals surface area contributed by atoms with Crippen LogP contribution in [0.15, 0.2) is 36.4 Å². The second-order valence-corrected chi connectivity index (χ2v) is 5.23. The van der Waals surface area contributed by atoms with Gasteiger partial charge in [-0.2, -0.15) is 0 Å². The maximum Gasteiger partial charge on any atom is 0.129 e. The summed E-state index contributed by atoms with van der Waals surface area (Å²) >= 11 is 12.0. The van der Waals surface area contributed by atoms with Crippen molar-refractivity contribution in [2.24, 2.45) is 0 Å². The SMILES string of the molecule is CCc1ccc(N(C)Cc2nc(Cl)ccc2Cl)cc1. The lowest BCUT2D eigenvalue weighted by Crippen LogP contribution is -2.17. The van der Waals surface area contributed by atoms with Crippen LogP contribution in [0.1, 0.15) is 18.2 Å². The molecule has 0 saturated heterocycles. The number of benzene rings is 1. The molecule has 1 aromatic carbocycles. The molecule has 0 amide bonds. The first kappa shape index (κ1) is 14.2. The Labute approximate surface area is 124 Å². The summed E-state index contributed by atoms with van der Waals surface area (Å²) in [5.41, 5.74) is 3.25. The predicted octanol–water partition coefficient (Wildman–Crippen LogP) is 4.59. The fraction of sp³-hybridized carbons (Fsp3) is 0.267. The molecule has 4 heteroatoms. The summed E-state index contributed by atoms with van der Waals surface area (Å²) in [6, 6.07) is 12.0. The third-order valence-corrected chi connectivity index (χ3v) is 3.61. The van der Waals surface area contributed by atoms with E-state index in [9.17, 15) is 0 Å². The molecule has 0 aliphatic carbocycles. The van der Waals surface area contributed by atoms with Crippen LogP contribution in [0.4, 0.5) is 5.69 Å². The van der Waals surface area contributed by atoms with E-state index in [2.05, 4.69) is 41.1 Å². The molecule has 0 unspecified atom stereocenters. The Kier molecular flexibility index (Phi) is 4.67. The predicted molar refractivity (Wildman–Crippen MR) is 82.2 cm³/mol. The first-order chi connectivity index (χ1) is 9.10. The van der Waals surface area contributed by atoms with Crippen LogP contribution in [0.5, 0.6) is 0 Å². The lowest BCUT2D eigenvalue weighted by atomic mass is 10.1. The minimum atomic E-state index is 0.467. The van der Waals surface area contributed by atoms with Crippen LogP contribution in [-0.4, -0.2) is 12.0 Å². The first-order valence-corrected chi connectivity index (χ1v) is 6.96. The fourth-order valence-electron chi connectivity index (χ4n) is 1.87. The topological polar surface area (TPSA) is 16.1 Å². The van der Waals surface area contributed by atoms with Gasteiger partial charge in [0.15, 0.2) is 0 Å². The van der Waals surface area contributed by atoms with Crippen molar-refractivity contribution in [3.05, 3.63) is 57.8 Å². The van der Waals surface area contributed by atoms with E-state index in [0.717, 1.165) is 17.8 Å². The van der Waals surface area contributed by atoms with Crippen molar-refractivity contribution in [2.45, 2.75) is 19.9 Å². The molecule has 0 fully saturated rings. The highest BCUT2D eigenvalue weighted by atomic mass is 35.5. The molecule has 2 aromatic rings. The average Bonchev–Trinajstić information content (AvgIpc) is 2.43. The van der Waals surface area contributed by atoms with Gasteiger partial charge in [0.1, 0.15) is 5.15 Å². The number of pyridine rings is 1. The summed E-state index contributed by atoms with van der Waals surface area (Å²) < 4.78 is 0. The number of aromatic nitrogens is 1. The Hall–Kier alpha value is -1.25. The Morgan fingerprint density at radius 3 is 2.37 bits per heavy atom. The molecule has 2 rings (SSSR count). The fourth-order valence-corrected chi connectivity index (χ4v) is 2.20. The summed E-state index contributed by atoms with van der Waals surface area (Å²) in [4.78, 5) is 6.36. The average molecular weight is 295 g/mol. The molecule has 100 valence electrons. The van der Waals surface area contributed by atoms with Gasteiger partial charge < -0.3 is 4.90 Å². The molecule has 0 saturated carbocycles. The maximum atomic E-state index is 6.13. The van der Waals surface area contributed by atoms with Crippen molar-refractivity contribution in [1.29, 1.82) is 0 Å². The van der Waals surface area contributed by atoms with Crippen molar-refractivity contribution < 1.29 is 0 Å². The Morgan fingerprint density at radius 1 is 1.05 bits per heavy atom. The standard InChI is InChI=1S/C15H16Cl2N2/c1-3-11-4-6-12(7-5-11)19(2)10-14-13(16)8-9-15(17)18-14/h4-9H,3,10H2,1-2H3. The van der Waals surface area contributed by atoms with Gasteiger partial charge in [-0.25, -0.2) is 4.98 Å². The van der Waals surface area contributed by atoms with Crippen LogP contribution in [0.2, 0.25) is 10.2 Å². The van der Waals surface area contributed by atoms with Crippen molar-refractivity contribution >= 4 is 28.9 Å². The van der Waals surface area contributed by atoms with Gasteiger partial charge in [-0.15, -0.1) is 0 Å². The molecule has 2 nitrogen and oxygen atoms in total. The zero-order valence-electron chi connectivity index (χ0n) is 11.0.